The molecule has 160 valence electrons. The summed E-state index contributed by atoms with van der Waals surface area (Å²) in [6.07, 6.45) is 3.52. The zero-order chi connectivity index (χ0) is 20.9. The molecule has 1 amide bonds. The molecule has 1 N–H and O–H groups in total. The molecule has 0 aromatic carbocycles. The number of carbonyl (C=O) groups excluding carboxylic acids is 2. The average molecular weight is 426 g/mol. The minimum absolute atomic E-state index is 0.0266. The highest BCUT2D eigenvalue weighted by Gasteiger charge is 2.30. The number of esters is 1. The Morgan fingerprint density at radius 2 is 1.90 bits per heavy atom. The highest BCUT2D eigenvalue weighted by atomic mass is 32.2. The maximum absolute atomic E-state index is 13.1. The first kappa shape index (κ1) is 21.5. The monoisotopic (exact) mass is 426 g/mol. The summed E-state index contributed by atoms with van der Waals surface area (Å²) >= 11 is 0. The number of hydrogen-bond acceptors (Lipinski definition) is 8. The van der Waals surface area contributed by atoms with Crippen molar-refractivity contribution in [1.29, 1.82) is 0 Å². The predicted octanol–water partition coefficient (Wildman–Crippen LogP) is 0.314. The second kappa shape index (κ2) is 9.51. The molecule has 3 rings (SSSR count). The smallest absolute Gasteiger partial charge is 0.339 e. The molecule has 3 heterocycles. The maximum atomic E-state index is 13.1. The van der Waals surface area contributed by atoms with Gasteiger partial charge in [-0.05, 0) is 18.9 Å². The van der Waals surface area contributed by atoms with Crippen molar-refractivity contribution in [3.05, 3.63) is 17.8 Å². The molecule has 0 spiro atoms. The van der Waals surface area contributed by atoms with Crippen LogP contribution in [0.5, 0.6) is 0 Å². The lowest BCUT2D eigenvalue weighted by molar-refractivity contribution is -0.129. The number of aromatic nitrogens is 1. The molecule has 1 aromatic rings. The summed E-state index contributed by atoms with van der Waals surface area (Å²) in [5, 5.41) is 2.95. The van der Waals surface area contributed by atoms with Gasteiger partial charge in [-0.15, -0.1) is 0 Å². The second-order valence-electron chi connectivity index (χ2n) is 6.84. The lowest BCUT2D eigenvalue weighted by atomic mass is 10.3. The van der Waals surface area contributed by atoms with Crippen LogP contribution in [0.3, 0.4) is 0 Å². The number of nitrogens with one attached hydrogen (secondary N) is 1. The van der Waals surface area contributed by atoms with E-state index in [9.17, 15) is 18.0 Å². The highest BCUT2D eigenvalue weighted by Crippen LogP contribution is 2.25. The van der Waals surface area contributed by atoms with Crippen LogP contribution >= 0.6 is 0 Å². The van der Waals surface area contributed by atoms with Crippen molar-refractivity contribution in [2.45, 2.75) is 24.2 Å². The number of nitrogens with zero attached hydrogens (tertiary/aromatic N) is 3. The topological polar surface area (TPSA) is 118 Å². The molecule has 0 radical (unpaired) electrons. The number of morpholine rings is 1. The van der Waals surface area contributed by atoms with Gasteiger partial charge in [0.2, 0.25) is 15.9 Å². The number of amides is 1. The number of likely N-dealkylation sites (tertiary alicyclic amines) is 1. The van der Waals surface area contributed by atoms with Gasteiger partial charge in [-0.25, -0.2) is 18.2 Å². The Bertz CT molecular complexity index is 848. The van der Waals surface area contributed by atoms with Gasteiger partial charge < -0.3 is 19.7 Å². The zero-order valence-electron chi connectivity index (χ0n) is 16.4. The number of methoxy groups -OCH3 is 1. The normalized spacial score (nSPS) is 17.9. The first-order valence-corrected chi connectivity index (χ1v) is 11.1. The molecule has 2 fully saturated rings. The van der Waals surface area contributed by atoms with Gasteiger partial charge in [0.05, 0.1) is 25.9 Å². The largest absolute Gasteiger partial charge is 0.465 e. The number of anilines is 1. The molecule has 0 bridgehead atoms. The van der Waals surface area contributed by atoms with Crippen molar-refractivity contribution in [3.63, 3.8) is 0 Å². The lowest BCUT2D eigenvalue weighted by Crippen LogP contribution is -2.41. The lowest BCUT2D eigenvalue weighted by Gasteiger charge is -2.27. The van der Waals surface area contributed by atoms with Crippen molar-refractivity contribution in [1.82, 2.24) is 14.2 Å². The summed E-state index contributed by atoms with van der Waals surface area (Å²) in [5.41, 5.74) is 0.0398. The van der Waals surface area contributed by atoms with Crippen molar-refractivity contribution < 1.29 is 27.5 Å². The van der Waals surface area contributed by atoms with Crippen molar-refractivity contribution in [2.24, 2.45) is 0 Å². The predicted molar refractivity (Wildman–Crippen MR) is 104 cm³/mol. The van der Waals surface area contributed by atoms with E-state index in [1.165, 1.54) is 23.7 Å². The third kappa shape index (κ3) is 5.03. The van der Waals surface area contributed by atoms with E-state index in [1.807, 2.05) is 0 Å². The first-order valence-electron chi connectivity index (χ1n) is 9.61. The number of pyridine rings is 1. The Morgan fingerprint density at radius 1 is 1.21 bits per heavy atom. The molecule has 0 aliphatic carbocycles. The van der Waals surface area contributed by atoms with E-state index in [1.54, 1.807) is 4.90 Å². The summed E-state index contributed by atoms with van der Waals surface area (Å²) in [7, 11) is -2.68. The third-order valence-corrected chi connectivity index (χ3v) is 6.86. The van der Waals surface area contributed by atoms with Crippen LogP contribution in [0.15, 0.2) is 17.2 Å². The first-order chi connectivity index (χ1) is 13.9. The van der Waals surface area contributed by atoms with E-state index in [0.29, 0.717) is 13.2 Å². The molecule has 2 saturated heterocycles. The second-order valence-corrected chi connectivity index (χ2v) is 8.75. The van der Waals surface area contributed by atoms with E-state index in [0.717, 1.165) is 25.9 Å². The van der Waals surface area contributed by atoms with Crippen LogP contribution in [0.25, 0.3) is 0 Å². The van der Waals surface area contributed by atoms with Gasteiger partial charge in [-0.2, -0.15) is 4.31 Å². The Kier molecular flexibility index (Phi) is 7.04. The molecular weight excluding hydrogens is 400 g/mol. The van der Waals surface area contributed by atoms with Crippen molar-refractivity contribution in [2.75, 3.05) is 58.4 Å². The molecule has 11 heteroatoms. The summed E-state index contributed by atoms with van der Waals surface area (Å²) in [6, 6.07) is 1.26. The minimum atomic E-state index is -3.90. The van der Waals surface area contributed by atoms with Crippen molar-refractivity contribution in [3.8, 4) is 0 Å². The van der Waals surface area contributed by atoms with Gasteiger partial charge in [0.1, 0.15) is 10.7 Å². The van der Waals surface area contributed by atoms with Crippen LogP contribution < -0.4 is 5.32 Å². The third-order valence-electron chi connectivity index (χ3n) is 4.95. The van der Waals surface area contributed by atoms with Crippen LogP contribution in [-0.2, 0) is 24.3 Å². The molecule has 29 heavy (non-hydrogen) atoms. The Balaban J connectivity index is 1.79. The quantitative estimate of drug-likeness (QED) is 0.619. The van der Waals surface area contributed by atoms with Gasteiger partial charge in [0, 0.05) is 45.3 Å². The summed E-state index contributed by atoms with van der Waals surface area (Å²) < 4.78 is 37.5. The Morgan fingerprint density at radius 3 is 2.55 bits per heavy atom. The minimum Gasteiger partial charge on any atom is -0.465 e. The summed E-state index contributed by atoms with van der Waals surface area (Å²) in [6.45, 7) is 2.82. The molecular formula is C18H26N4O6S. The van der Waals surface area contributed by atoms with Crippen LogP contribution in [0.1, 0.15) is 29.6 Å². The number of ether oxygens (including phenoxy) is 2. The SMILES string of the molecule is COC(=O)c1cnc(NCCC(=O)N2CCCC2)c(S(=O)(=O)N2CCOCC2)c1. The van der Waals surface area contributed by atoms with Crippen LogP contribution in [0.2, 0.25) is 0 Å². The summed E-state index contributed by atoms with van der Waals surface area (Å²) in [5.74, 6) is -0.538. The van der Waals surface area contributed by atoms with Gasteiger partial charge >= 0.3 is 5.97 Å². The number of hydrogen-bond donors (Lipinski definition) is 1. The van der Waals surface area contributed by atoms with Crippen LogP contribution in [-0.4, -0.2) is 87.5 Å². The van der Waals surface area contributed by atoms with Crippen LogP contribution in [0.4, 0.5) is 5.82 Å². The Labute approximate surface area is 170 Å². The van der Waals surface area contributed by atoms with E-state index in [4.69, 9.17) is 4.74 Å². The molecule has 0 unspecified atom stereocenters. The van der Waals surface area contributed by atoms with Gasteiger partial charge in [-0.3, -0.25) is 4.79 Å². The highest BCUT2D eigenvalue weighted by molar-refractivity contribution is 7.89. The Hall–Kier alpha value is -2.24. The molecule has 0 atom stereocenters. The fourth-order valence-electron chi connectivity index (χ4n) is 3.34. The molecule has 0 saturated carbocycles. The standard InChI is InChI=1S/C18H26N4O6S/c1-27-18(24)14-12-15(29(25,26)22-8-10-28-11-9-22)17(20-13-14)19-5-4-16(23)21-6-2-3-7-21/h12-13H,2-11H2,1H3,(H,19,20). The van der Waals surface area contributed by atoms with Crippen molar-refractivity contribution >= 4 is 27.7 Å². The molecule has 1 aromatic heterocycles. The van der Waals surface area contributed by atoms with Gasteiger partial charge in [0.15, 0.2) is 0 Å². The van der Waals surface area contributed by atoms with Gasteiger partial charge in [-0.1, -0.05) is 0 Å². The molecule has 2 aliphatic rings. The van der Waals surface area contributed by atoms with E-state index < -0.39 is 16.0 Å². The molecule has 10 nitrogen and oxygen atoms in total. The maximum Gasteiger partial charge on any atom is 0.339 e. The van der Waals surface area contributed by atoms with Gasteiger partial charge in [0.25, 0.3) is 0 Å². The summed E-state index contributed by atoms with van der Waals surface area (Å²) in [4.78, 5) is 29.9. The van der Waals surface area contributed by atoms with E-state index >= 15 is 0 Å². The van der Waals surface area contributed by atoms with E-state index in [-0.39, 0.29) is 48.2 Å². The fraction of sp³-hybridized carbons (Fsp3) is 0.611. The number of rotatable bonds is 7. The molecule has 2 aliphatic heterocycles. The van der Waals surface area contributed by atoms with E-state index in [2.05, 4.69) is 15.0 Å². The number of sulfonamides is 1. The fourth-order valence-corrected chi connectivity index (χ4v) is 4.90. The zero-order valence-corrected chi connectivity index (χ0v) is 17.2. The average Bonchev–Trinajstić information content (AvgIpc) is 3.29. The number of carbonyl (C=O) groups is 2. The van der Waals surface area contributed by atoms with Crippen LogP contribution in [0, 0.1) is 0 Å².